The van der Waals surface area contributed by atoms with Crippen molar-refractivity contribution >= 4 is 31.3 Å². The fourth-order valence-electron chi connectivity index (χ4n) is 0.955. The van der Waals surface area contributed by atoms with Crippen molar-refractivity contribution in [2.24, 2.45) is 0 Å². The van der Waals surface area contributed by atoms with Crippen molar-refractivity contribution in [1.29, 1.82) is 0 Å². The minimum atomic E-state index is -5.57. The van der Waals surface area contributed by atoms with Crippen molar-refractivity contribution in [2.75, 3.05) is 13.2 Å². The smallest absolute Gasteiger partial charge is 0.271 e. The van der Waals surface area contributed by atoms with Gasteiger partial charge in [0.15, 0.2) is 0 Å². The molecule has 0 aromatic carbocycles. The van der Waals surface area contributed by atoms with E-state index in [2.05, 4.69) is 44.7 Å². The number of rotatable bonds is 12. The Bertz CT molecular complexity index is 664. The van der Waals surface area contributed by atoms with E-state index in [4.69, 9.17) is 0 Å². The first-order valence-corrected chi connectivity index (χ1v) is 14.2. The topological polar surface area (TPSA) is 244 Å². The van der Waals surface area contributed by atoms with E-state index in [9.17, 15) is 47.6 Å². The molecule has 14 nitrogen and oxygen atoms in total. The molecule has 0 heterocycles. The van der Waals surface area contributed by atoms with Crippen LogP contribution in [0.25, 0.3) is 0 Å². The van der Waals surface area contributed by atoms with Crippen LogP contribution in [0.15, 0.2) is 24.3 Å². The van der Waals surface area contributed by atoms with Crippen LogP contribution in [0.3, 0.4) is 0 Å². The Morgan fingerprint density at radius 1 is 0.677 bits per heavy atom. The molecule has 0 aromatic heterocycles. The van der Waals surface area contributed by atoms with Gasteiger partial charge in [-0.2, -0.15) is 0 Å². The highest BCUT2D eigenvalue weighted by molar-refractivity contribution is 7.59. The van der Waals surface area contributed by atoms with Crippen LogP contribution in [0.4, 0.5) is 0 Å². The lowest BCUT2D eigenvalue weighted by molar-refractivity contribution is -0.342. The molecule has 0 aliphatic carbocycles. The van der Waals surface area contributed by atoms with Crippen LogP contribution in [0, 0.1) is 0 Å². The molecule has 0 aliphatic heterocycles. The predicted molar refractivity (Wildman–Crippen MR) is 99.3 cm³/mol. The Hall–Kier alpha value is -0.0000000000000000971. The maximum absolute atomic E-state index is 10.6. The van der Waals surface area contributed by atoms with Gasteiger partial charge in [0, 0.05) is 0 Å². The average molecular weight is 530 g/mol. The van der Waals surface area contributed by atoms with E-state index >= 15 is 0 Å². The van der Waals surface area contributed by atoms with Crippen molar-refractivity contribution in [1.82, 2.24) is 0 Å². The van der Waals surface area contributed by atoms with Crippen molar-refractivity contribution < 1.29 is 65.3 Å². The fraction of sp³-hybridized carbons (Fsp3) is 0.692. The second-order valence-electron chi connectivity index (χ2n) is 5.74. The SMILES string of the molecule is C=C(C)CCOP(=O)([O-])OP(=O)([O-])[O-].C=C(C)CCOP(=O)([O-])OP(=O)([O-])[O-].CCC. The zero-order valence-electron chi connectivity index (χ0n) is 17.5. The first kappa shape index (κ1) is 35.6. The second-order valence-corrected chi connectivity index (χ2v) is 11.1. The third-order valence-electron chi connectivity index (χ3n) is 1.96. The van der Waals surface area contributed by atoms with Gasteiger partial charge in [-0.1, -0.05) is 31.4 Å². The lowest BCUT2D eigenvalue weighted by Gasteiger charge is -2.35. The maximum atomic E-state index is 10.6. The highest BCUT2D eigenvalue weighted by Crippen LogP contribution is 2.51. The van der Waals surface area contributed by atoms with E-state index in [0.29, 0.717) is 11.1 Å². The van der Waals surface area contributed by atoms with Crippen LogP contribution in [0.5, 0.6) is 0 Å². The lowest BCUT2D eigenvalue weighted by Crippen LogP contribution is -2.19. The number of phosphoric ester groups is 2. The van der Waals surface area contributed by atoms with Crippen LogP contribution >= 0.6 is 31.3 Å². The zero-order chi connectivity index (χ0) is 25.5. The van der Waals surface area contributed by atoms with E-state index < -0.39 is 31.3 Å². The summed E-state index contributed by atoms with van der Waals surface area (Å²) in [6.45, 7) is 13.8. The Balaban J connectivity index is -0.000000448. The highest BCUT2D eigenvalue weighted by atomic mass is 31.3. The third-order valence-corrected chi connectivity index (χ3v) is 6.15. The summed E-state index contributed by atoms with van der Waals surface area (Å²) in [6, 6.07) is 0. The van der Waals surface area contributed by atoms with Crippen LogP contribution in [0.2, 0.25) is 0 Å². The van der Waals surface area contributed by atoms with Gasteiger partial charge in [-0.15, -0.1) is 13.2 Å². The molecule has 0 rings (SSSR count). The molecular formula is C13H26O14P4-6. The summed E-state index contributed by atoms with van der Waals surface area (Å²) in [4.78, 5) is 60.9. The molecule has 0 saturated heterocycles. The zero-order valence-corrected chi connectivity index (χ0v) is 21.0. The molecule has 0 aliphatic rings. The summed E-state index contributed by atoms with van der Waals surface area (Å²) in [6.07, 6.45) is 1.69. The van der Waals surface area contributed by atoms with Gasteiger partial charge < -0.3 is 47.5 Å². The third kappa shape index (κ3) is 34.8. The van der Waals surface area contributed by atoms with Crippen molar-refractivity contribution in [3.05, 3.63) is 24.3 Å². The summed E-state index contributed by atoms with van der Waals surface area (Å²) < 4.78 is 55.6. The minimum Gasteiger partial charge on any atom is -0.790 e. The van der Waals surface area contributed by atoms with Gasteiger partial charge in [0.2, 0.25) is 0 Å². The number of phosphoric acid groups is 4. The maximum Gasteiger partial charge on any atom is 0.271 e. The Kier molecular flexibility index (Phi) is 19.0. The monoisotopic (exact) mass is 530 g/mol. The van der Waals surface area contributed by atoms with Crippen LogP contribution in [-0.4, -0.2) is 13.2 Å². The molecule has 0 bridgehead atoms. The molecule has 0 saturated carbocycles. The van der Waals surface area contributed by atoms with Crippen LogP contribution in [-0.2, 0) is 35.9 Å². The molecule has 0 N–H and O–H groups in total. The number of hydrogen-bond donors (Lipinski definition) is 0. The van der Waals surface area contributed by atoms with Gasteiger partial charge in [0.05, 0.1) is 28.9 Å². The molecular weight excluding hydrogens is 504 g/mol. The number of hydrogen-bond acceptors (Lipinski definition) is 14. The van der Waals surface area contributed by atoms with E-state index in [-0.39, 0.29) is 26.1 Å². The molecule has 0 radical (unpaired) electrons. The van der Waals surface area contributed by atoms with Gasteiger partial charge >= 0.3 is 0 Å². The molecule has 2 unspecified atom stereocenters. The van der Waals surface area contributed by atoms with E-state index in [1.54, 1.807) is 13.8 Å². The molecule has 0 amide bonds. The summed E-state index contributed by atoms with van der Waals surface area (Å²) in [5.41, 5.74) is 1.30. The molecule has 0 aromatic rings. The molecule has 188 valence electrons. The average Bonchev–Trinajstić information content (AvgIpc) is 2.41. The van der Waals surface area contributed by atoms with Gasteiger partial charge in [-0.3, -0.25) is 17.8 Å². The summed E-state index contributed by atoms with van der Waals surface area (Å²) >= 11 is 0. The van der Waals surface area contributed by atoms with Crippen LogP contribution < -0.4 is 29.4 Å². The lowest BCUT2D eigenvalue weighted by atomic mass is 10.3. The Morgan fingerprint density at radius 3 is 1.06 bits per heavy atom. The molecule has 0 spiro atoms. The quantitative estimate of drug-likeness (QED) is 0.238. The summed E-state index contributed by atoms with van der Waals surface area (Å²) in [5.74, 6) is 0. The van der Waals surface area contributed by atoms with Crippen molar-refractivity contribution in [2.45, 2.75) is 47.0 Å². The van der Waals surface area contributed by atoms with Gasteiger partial charge in [0.1, 0.15) is 0 Å². The standard InChI is InChI=1S/2C5H12O7P2.C3H8/c2*1-5(2)3-4-11-14(9,10)12-13(6,7)8;1-3-2/h2*1,3-4H2,2H3,(H,9,10)(H2,6,7,8);3H2,1-2H3/p-6. The highest BCUT2D eigenvalue weighted by Gasteiger charge is 2.11. The normalized spacial score (nSPS) is 15.3. The van der Waals surface area contributed by atoms with E-state index in [0.717, 1.165) is 0 Å². The molecule has 31 heavy (non-hydrogen) atoms. The minimum absolute atomic E-state index is 0.220. The first-order chi connectivity index (χ1) is 13.7. The Morgan fingerprint density at radius 2 is 0.903 bits per heavy atom. The molecule has 2 atom stereocenters. The largest absolute Gasteiger partial charge is 0.790 e. The van der Waals surface area contributed by atoms with Gasteiger partial charge in [-0.25, -0.2) is 0 Å². The summed E-state index contributed by atoms with van der Waals surface area (Å²) in [7, 11) is -21.2. The molecule has 0 fully saturated rings. The van der Waals surface area contributed by atoms with Gasteiger partial charge in [-0.05, 0) is 26.7 Å². The second kappa shape index (κ2) is 16.6. The van der Waals surface area contributed by atoms with Crippen LogP contribution in [0.1, 0.15) is 47.0 Å². The molecule has 18 heteroatoms. The van der Waals surface area contributed by atoms with Crippen molar-refractivity contribution in [3.63, 3.8) is 0 Å². The first-order valence-electron chi connectivity index (χ1n) is 8.33. The van der Waals surface area contributed by atoms with Crippen molar-refractivity contribution in [3.8, 4) is 0 Å². The Labute approximate surface area is 181 Å². The van der Waals surface area contributed by atoms with E-state index in [1.807, 2.05) is 0 Å². The predicted octanol–water partition coefficient (Wildman–Crippen LogP) is -0.0179. The summed E-state index contributed by atoms with van der Waals surface area (Å²) in [5, 5.41) is 0. The van der Waals surface area contributed by atoms with Gasteiger partial charge in [0.25, 0.3) is 15.6 Å². The van der Waals surface area contributed by atoms with E-state index in [1.165, 1.54) is 6.42 Å². The fourth-order valence-corrected chi connectivity index (χ4v) is 3.92.